The van der Waals surface area contributed by atoms with Gasteiger partial charge in [0.05, 0.1) is 8.07 Å². The largest absolute Gasteiger partial charge is 0.122 e. The molecular formula is C12H21ClSi. The molecule has 0 N–H and O–H groups in total. The molecule has 0 aliphatic heterocycles. The Hall–Kier alpha value is -0.0131. The molecule has 1 unspecified atom stereocenters. The van der Waals surface area contributed by atoms with Crippen LogP contribution in [-0.4, -0.2) is 14.0 Å². The molecule has 1 aliphatic rings. The SMILES string of the molecule is C=C(CCl)C1CCC/C1=C/[Si](C)(C)C. The van der Waals surface area contributed by atoms with E-state index in [9.17, 15) is 0 Å². The van der Waals surface area contributed by atoms with Gasteiger partial charge in [-0.1, -0.05) is 43.1 Å². The van der Waals surface area contributed by atoms with Gasteiger partial charge in [-0.3, -0.25) is 0 Å². The molecule has 0 heterocycles. The van der Waals surface area contributed by atoms with Crippen LogP contribution in [0.25, 0.3) is 0 Å². The van der Waals surface area contributed by atoms with Crippen molar-refractivity contribution in [3.63, 3.8) is 0 Å². The lowest BCUT2D eigenvalue weighted by Crippen LogP contribution is -2.18. The summed E-state index contributed by atoms with van der Waals surface area (Å²) in [7, 11) is -1.07. The van der Waals surface area contributed by atoms with Gasteiger partial charge in [0.2, 0.25) is 0 Å². The molecule has 1 atom stereocenters. The normalized spacial score (nSPS) is 25.7. The number of allylic oxidation sites excluding steroid dienone is 2. The van der Waals surface area contributed by atoms with Gasteiger partial charge >= 0.3 is 0 Å². The van der Waals surface area contributed by atoms with Crippen molar-refractivity contribution in [1.82, 2.24) is 0 Å². The molecular weight excluding hydrogens is 208 g/mol. The number of alkyl halides is 1. The Balaban J connectivity index is 2.78. The third kappa shape index (κ3) is 3.29. The lowest BCUT2D eigenvalue weighted by Gasteiger charge is -2.18. The fourth-order valence-corrected chi connectivity index (χ4v) is 3.80. The Morgan fingerprint density at radius 1 is 1.57 bits per heavy atom. The monoisotopic (exact) mass is 228 g/mol. The second kappa shape index (κ2) is 4.67. The fraction of sp³-hybridized carbons (Fsp3) is 0.667. The highest BCUT2D eigenvalue weighted by molar-refractivity contribution is 6.81. The molecule has 0 radical (unpaired) electrons. The van der Waals surface area contributed by atoms with Crippen LogP contribution in [-0.2, 0) is 0 Å². The predicted octanol–water partition coefficient (Wildman–Crippen LogP) is 4.39. The molecule has 0 spiro atoms. The molecule has 0 saturated heterocycles. The second-order valence-corrected chi connectivity index (χ2v) is 10.6. The summed E-state index contributed by atoms with van der Waals surface area (Å²) in [5, 5.41) is 0. The summed E-state index contributed by atoms with van der Waals surface area (Å²) in [4.78, 5) is 0. The zero-order valence-corrected chi connectivity index (χ0v) is 11.3. The molecule has 0 amide bonds. The number of halogens is 1. The van der Waals surface area contributed by atoms with Crippen molar-refractivity contribution < 1.29 is 0 Å². The van der Waals surface area contributed by atoms with Crippen LogP contribution in [0, 0.1) is 5.92 Å². The van der Waals surface area contributed by atoms with Gasteiger partial charge in [-0.2, -0.15) is 0 Å². The summed E-state index contributed by atoms with van der Waals surface area (Å²) in [5.74, 6) is 1.22. The predicted molar refractivity (Wildman–Crippen MR) is 68.6 cm³/mol. The topological polar surface area (TPSA) is 0 Å². The maximum atomic E-state index is 5.85. The van der Waals surface area contributed by atoms with Gasteiger partial charge in [0.1, 0.15) is 0 Å². The minimum absolute atomic E-state index is 0.597. The van der Waals surface area contributed by atoms with E-state index in [1.807, 2.05) is 0 Å². The number of rotatable bonds is 3. The van der Waals surface area contributed by atoms with Crippen molar-refractivity contribution in [2.45, 2.75) is 38.9 Å². The first-order chi connectivity index (χ1) is 6.44. The lowest BCUT2D eigenvalue weighted by molar-refractivity contribution is 0.728. The first kappa shape index (κ1) is 12.1. The van der Waals surface area contributed by atoms with E-state index < -0.39 is 8.07 Å². The van der Waals surface area contributed by atoms with Crippen LogP contribution in [0.3, 0.4) is 0 Å². The molecule has 1 fully saturated rings. The molecule has 1 aliphatic carbocycles. The first-order valence-electron chi connectivity index (χ1n) is 5.39. The summed E-state index contributed by atoms with van der Waals surface area (Å²) in [6.07, 6.45) is 3.85. The minimum atomic E-state index is -1.07. The Labute approximate surface area is 94.1 Å². The highest BCUT2D eigenvalue weighted by Crippen LogP contribution is 2.36. The molecule has 1 rings (SSSR count). The van der Waals surface area contributed by atoms with E-state index >= 15 is 0 Å². The summed E-state index contributed by atoms with van der Waals surface area (Å²) in [5.41, 5.74) is 5.38. The van der Waals surface area contributed by atoms with Crippen molar-refractivity contribution in [3.8, 4) is 0 Å². The highest BCUT2D eigenvalue weighted by Gasteiger charge is 2.24. The Kier molecular flexibility index (Phi) is 4.02. The van der Waals surface area contributed by atoms with Gasteiger partial charge in [0, 0.05) is 11.8 Å². The highest BCUT2D eigenvalue weighted by atomic mass is 35.5. The molecule has 80 valence electrons. The van der Waals surface area contributed by atoms with Crippen LogP contribution < -0.4 is 0 Å². The molecule has 0 aromatic heterocycles. The fourth-order valence-electron chi connectivity index (χ4n) is 2.16. The summed E-state index contributed by atoms with van der Waals surface area (Å²) < 4.78 is 0. The summed E-state index contributed by atoms with van der Waals surface area (Å²) in [6, 6.07) is 0. The van der Waals surface area contributed by atoms with Crippen molar-refractivity contribution in [3.05, 3.63) is 23.4 Å². The summed E-state index contributed by atoms with van der Waals surface area (Å²) in [6.45, 7) is 11.2. The van der Waals surface area contributed by atoms with Crippen molar-refractivity contribution in [1.29, 1.82) is 0 Å². The molecule has 0 aromatic rings. The number of hydrogen-bond donors (Lipinski definition) is 0. The Morgan fingerprint density at radius 3 is 2.71 bits per heavy atom. The molecule has 2 heteroatoms. The van der Waals surface area contributed by atoms with E-state index in [0.29, 0.717) is 11.8 Å². The maximum Gasteiger partial charge on any atom is 0.0686 e. The zero-order valence-electron chi connectivity index (χ0n) is 9.57. The quantitative estimate of drug-likeness (QED) is 0.382. The molecule has 0 aromatic carbocycles. The zero-order chi connectivity index (χ0) is 10.8. The molecule has 14 heavy (non-hydrogen) atoms. The van der Waals surface area contributed by atoms with Crippen LogP contribution in [0.15, 0.2) is 23.4 Å². The average Bonchev–Trinajstić information content (AvgIpc) is 2.48. The number of hydrogen-bond acceptors (Lipinski definition) is 0. The first-order valence-corrected chi connectivity index (χ1v) is 9.50. The van der Waals surface area contributed by atoms with Gasteiger partial charge in [-0.15, -0.1) is 11.6 Å². The van der Waals surface area contributed by atoms with Crippen molar-refractivity contribution in [2.24, 2.45) is 5.92 Å². The van der Waals surface area contributed by atoms with Gasteiger partial charge in [-0.25, -0.2) is 0 Å². The smallest absolute Gasteiger partial charge is 0.0686 e. The third-order valence-electron chi connectivity index (χ3n) is 2.69. The van der Waals surface area contributed by atoms with Crippen LogP contribution in [0.5, 0.6) is 0 Å². The average molecular weight is 229 g/mol. The van der Waals surface area contributed by atoms with Crippen LogP contribution in [0.4, 0.5) is 0 Å². The van der Waals surface area contributed by atoms with E-state index in [0.717, 1.165) is 0 Å². The van der Waals surface area contributed by atoms with E-state index in [1.54, 1.807) is 5.57 Å². The van der Waals surface area contributed by atoms with Gasteiger partial charge in [-0.05, 0) is 19.3 Å². The third-order valence-corrected chi connectivity index (χ3v) is 4.27. The van der Waals surface area contributed by atoms with E-state index in [2.05, 4.69) is 31.9 Å². The molecule has 0 bridgehead atoms. The summed E-state index contributed by atoms with van der Waals surface area (Å²) >= 11 is 5.85. The van der Waals surface area contributed by atoms with Crippen LogP contribution in [0.2, 0.25) is 19.6 Å². The van der Waals surface area contributed by atoms with Gasteiger partial charge in [0.25, 0.3) is 0 Å². The lowest BCUT2D eigenvalue weighted by atomic mass is 9.97. The van der Waals surface area contributed by atoms with Crippen LogP contribution in [0.1, 0.15) is 19.3 Å². The van der Waals surface area contributed by atoms with Gasteiger partial charge in [0.15, 0.2) is 0 Å². The Morgan fingerprint density at radius 2 is 2.21 bits per heavy atom. The van der Waals surface area contributed by atoms with Crippen molar-refractivity contribution in [2.75, 3.05) is 5.88 Å². The van der Waals surface area contributed by atoms with Crippen molar-refractivity contribution >= 4 is 19.7 Å². The molecule has 0 nitrogen and oxygen atoms in total. The maximum absolute atomic E-state index is 5.85. The van der Waals surface area contributed by atoms with Crippen LogP contribution >= 0.6 is 11.6 Å². The Bertz CT molecular complexity index is 248. The van der Waals surface area contributed by atoms with Gasteiger partial charge < -0.3 is 0 Å². The standard InChI is InChI=1S/C12H21ClSi/c1-10(8-13)12-7-5-6-11(12)9-14(2,3)4/h9,12H,1,5-8H2,2-4H3/b11-9-. The molecule has 1 saturated carbocycles. The van der Waals surface area contributed by atoms with E-state index in [-0.39, 0.29) is 0 Å². The minimum Gasteiger partial charge on any atom is -0.122 e. The van der Waals surface area contributed by atoms with E-state index in [4.69, 9.17) is 11.6 Å². The second-order valence-electron chi connectivity index (χ2n) is 5.32. The van der Waals surface area contributed by atoms with E-state index in [1.165, 1.54) is 24.8 Å².